The summed E-state index contributed by atoms with van der Waals surface area (Å²) in [6.07, 6.45) is 1.90. The monoisotopic (exact) mass is 377 g/mol. The van der Waals surface area contributed by atoms with Crippen molar-refractivity contribution in [3.05, 3.63) is 70.8 Å². The van der Waals surface area contributed by atoms with Gasteiger partial charge in [0.1, 0.15) is 6.04 Å². The van der Waals surface area contributed by atoms with Crippen LogP contribution in [0.1, 0.15) is 39.9 Å². The van der Waals surface area contributed by atoms with E-state index in [-0.39, 0.29) is 11.8 Å². The van der Waals surface area contributed by atoms with Crippen molar-refractivity contribution in [2.75, 3.05) is 6.54 Å². The molecule has 2 aliphatic rings. The Hall–Kier alpha value is -3.15. The number of nitrogens with two attached hydrogens (primary N) is 1. The number of hydrogen-bond donors (Lipinski definition) is 1. The van der Waals surface area contributed by atoms with E-state index in [2.05, 4.69) is 0 Å². The first kappa shape index (κ1) is 18.2. The first-order chi connectivity index (χ1) is 13.5. The Morgan fingerprint density at radius 2 is 1.86 bits per heavy atom. The van der Waals surface area contributed by atoms with E-state index < -0.39 is 11.9 Å². The minimum Gasteiger partial charge on any atom is -0.368 e. The number of amides is 3. The van der Waals surface area contributed by atoms with Gasteiger partial charge in [-0.2, -0.15) is 0 Å². The Kier molecular flexibility index (Phi) is 4.86. The van der Waals surface area contributed by atoms with Crippen molar-refractivity contribution in [3.8, 4) is 0 Å². The molecule has 0 aliphatic carbocycles. The minimum atomic E-state index is -0.661. The van der Waals surface area contributed by atoms with Crippen molar-refractivity contribution >= 4 is 17.7 Å². The lowest BCUT2D eigenvalue weighted by atomic mass is 9.93. The molecule has 144 valence electrons. The van der Waals surface area contributed by atoms with Crippen LogP contribution in [0.3, 0.4) is 0 Å². The molecule has 0 saturated carbocycles. The summed E-state index contributed by atoms with van der Waals surface area (Å²) in [5, 5.41) is 0. The van der Waals surface area contributed by atoms with Gasteiger partial charge in [0.25, 0.3) is 5.91 Å². The third kappa shape index (κ3) is 3.50. The molecule has 2 aromatic carbocycles. The number of carbonyl (C=O) groups excluding carboxylic acids is 3. The van der Waals surface area contributed by atoms with Crippen molar-refractivity contribution < 1.29 is 14.4 Å². The van der Waals surface area contributed by atoms with Gasteiger partial charge in [-0.1, -0.05) is 36.4 Å². The lowest BCUT2D eigenvalue weighted by Gasteiger charge is -2.35. The lowest BCUT2D eigenvalue weighted by molar-refractivity contribution is -0.128. The third-order valence-corrected chi connectivity index (χ3v) is 5.56. The molecule has 0 bridgehead atoms. The fourth-order valence-corrected chi connectivity index (χ4v) is 4.05. The average Bonchev–Trinajstić information content (AvgIpc) is 3.11. The number of rotatable bonds is 4. The summed E-state index contributed by atoms with van der Waals surface area (Å²) < 4.78 is 0. The predicted molar refractivity (Wildman–Crippen MR) is 104 cm³/mol. The number of benzene rings is 2. The van der Waals surface area contributed by atoms with Gasteiger partial charge in [0.05, 0.1) is 0 Å². The van der Waals surface area contributed by atoms with Crippen molar-refractivity contribution in [3.63, 3.8) is 0 Å². The van der Waals surface area contributed by atoms with Crippen LogP contribution in [0.5, 0.6) is 0 Å². The minimum absolute atomic E-state index is 0.151. The van der Waals surface area contributed by atoms with Crippen molar-refractivity contribution in [2.24, 2.45) is 5.73 Å². The molecule has 1 fully saturated rings. The Bertz CT molecular complexity index is 940. The van der Waals surface area contributed by atoms with E-state index in [1.165, 1.54) is 0 Å². The zero-order chi connectivity index (χ0) is 19.7. The molecule has 6 heteroatoms. The molecular weight excluding hydrogens is 354 g/mol. The summed E-state index contributed by atoms with van der Waals surface area (Å²) in [5.41, 5.74) is 9.11. The Balaban J connectivity index is 1.58. The van der Waals surface area contributed by atoms with E-state index >= 15 is 0 Å². The molecule has 0 spiro atoms. The molecule has 0 aromatic heterocycles. The van der Waals surface area contributed by atoms with Crippen LogP contribution in [0.25, 0.3) is 0 Å². The van der Waals surface area contributed by atoms with Crippen LogP contribution in [-0.4, -0.2) is 40.1 Å². The Morgan fingerprint density at radius 3 is 2.57 bits per heavy atom. The molecule has 1 atom stereocenters. The van der Waals surface area contributed by atoms with Gasteiger partial charge in [-0.15, -0.1) is 0 Å². The zero-order valence-corrected chi connectivity index (χ0v) is 15.6. The maximum atomic E-state index is 13.2. The highest BCUT2D eigenvalue weighted by Crippen LogP contribution is 2.25. The maximum Gasteiger partial charge on any atom is 0.254 e. The number of fused-ring (bicyclic) bond motifs is 1. The van der Waals surface area contributed by atoms with Crippen molar-refractivity contribution in [2.45, 2.75) is 38.4 Å². The zero-order valence-electron chi connectivity index (χ0n) is 15.6. The Morgan fingerprint density at radius 1 is 1.07 bits per heavy atom. The van der Waals surface area contributed by atoms with Crippen LogP contribution in [0.2, 0.25) is 0 Å². The normalized spacial score (nSPS) is 18.9. The fraction of sp³-hybridized carbons (Fsp3) is 0.318. The molecule has 2 heterocycles. The fourth-order valence-electron chi connectivity index (χ4n) is 4.05. The second kappa shape index (κ2) is 7.46. The molecular formula is C22H23N3O3. The van der Waals surface area contributed by atoms with Gasteiger partial charge < -0.3 is 15.5 Å². The highest BCUT2D eigenvalue weighted by molar-refractivity contribution is 5.98. The number of primary amides is 1. The van der Waals surface area contributed by atoms with Gasteiger partial charge in [0, 0.05) is 38.0 Å². The van der Waals surface area contributed by atoms with Crippen LogP contribution in [-0.2, 0) is 29.1 Å². The first-order valence-corrected chi connectivity index (χ1v) is 9.56. The summed E-state index contributed by atoms with van der Waals surface area (Å²) in [4.78, 5) is 40.5. The van der Waals surface area contributed by atoms with E-state index in [0.717, 1.165) is 29.7 Å². The number of hydrogen-bond acceptors (Lipinski definition) is 3. The number of nitrogens with zero attached hydrogens (tertiary/aromatic N) is 2. The maximum absolute atomic E-state index is 13.2. The summed E-state index contributed by atoms with van der Waals surface area (Å²) in [6, 6.07) is 14.4. The molecule has 4 rings (SSSR count). The van der Waals surface area contributed by atoms with Crippen LogP contribution in [0.15, 0.2) is 48.5 Å². The molecule has 0 radical (unpaired) electrons. The smallest absolute Gasteiger partial charge is 0.254 e. The highest BCUT2D eigenvalue weighted by Gasteiger charge is 2.33. The van der Waals surface area contributed by atoms with Crippen LogP contribution >= 0.6 is 0 Å². The lowest BCUT2D eigenvalue weighted by Crippen LogP contribution is -2.51. The van der Waals surface area contributed by atoms with Gasteiger partial charge in [-0.3, -0.25) is 14.4 Å². The quantitative estimate of drug-likeness (QED) is 0.883. The van der Waals surface area contributed by atoms with E-state index in [1.807, 2.05) is 47.4 Å². The van der Waals surface area contributed by atoms with Gasteiger partial charge in [0.2, 0.25) is 11.8 Å². The summed E-state index contributed by atoms with van der Waals surface area (Å²) >= 11 is 0. The number of carbonyl (C=O) groups is 3. The molecule has 6 nitrogen and oxygen atoms in total. The van der Waals surface area contributed by atoms with Gasteiger partial charge >= 0.3 is 0 Å². The SMILES string of the molecule is NC(=O)C1Cc2ccccc2CN1C(=O)c1cccc(CN2CCCC2=O)c1. The van der Waals surface area contributed by atoms with Crippen LogP contribution in [0, 0.1) is 0 Å². The standard InChI is InChI=1S/C22H23N3O3/c23-21(27)19-12-16-6-1-2-7-18(16)14-25(19)22(28)17-8-3-5-15(11-17)13-24-10-4-9-20(24)26/h1-3,5-8,11,19H,4,9-10,12-14H2,(H2,23,27). The van der Waals surface area contributed by atoms with Crippen LogP contribution in [0.4, 0.5) is 0 Å². The average molecular weight is 377 g/mol. The van der Waals surface area contributed by atoms with Gasteiger partial charge in [-0.05, 0) is 35.2 Å². The third-order valence-electron chi connectivity index (χ3n) is 5.56. The molecule has 1 saturated heterocycles. The first-order valence-electron chi connectivity index (χ1n) is 9.56. The van der Waals surface area contributed by atoms with E-state index in [0.29, 0.717) is 31.5 Å². The van der Waals surface area contributed by atoms with E-state index in [1.54, 1.807) is 11.0 Å². The highest BCUT2D eigenvalue weighted by atomic mass is 16.2. The van der Waals surface area contributed by atoms with Crippen molar-refractivity contribution in [1.29, 1.82) is 0 Å². The number of likely N-dealkylation sites (tertiary alicyclic amines) is 1. The Labute approximate surface area is 163 Å². The molecule has 28 heavy (non-hydrogen) atoms. The molecule has 3 amide bonds. The summed E-state index contributed by atoms with van der Waals surface area (Å²) in [5.74, 6) is -0.562. The largest absolute Gasteiger partial charge is 0.368 e. The van der Waals surface area contributed by atoms with E-state index in [4.69, 9.17) is 5.73 Å². The van der Waals surface area contributed by atoms with E-state index in [9.17, 15) is 14.4 Å². The topological polar surface area (TPSA) is 83.7 Å². The summed E-state index contributed by atoms with van der Waals surface area (Å²) in [7, 11) is 0. The van der Waals surface area contributed by atoms with Gasteiger partial charge in [0.15, 0.2) is 0 Å². The molecule has 2 aromatic rings. The molecule has 2 N–H and O–H groups in total. The van der Waals surface area contributed by atoms with Crippen molar-refractivity contribution in [1.82, 2.24) is 9.80 Å². The second-order valence-corrected chi connectivity index (χ2v) is 7.44. The molecule has 1 unspecified atom stereocenters. The summed E-state index contributed by atoms with van der Waals surface area (Å²) in [6.45, 7) is 1.61. The van der Waals surface area contributed by atoms with Crippen LogP contribution < -0.4 is 5.73 Å². The molecule has 2 aliphatic heterocycles. The van der Waals surface area contributed by atoms with Gasteiger partial charge in [-0.25, -0.2) is 0 Å². The predicted octanol–water partition coefficient (Wildman–Crippen LogP) is 1.86. The second-order valence-electron chi connectivity index (χ2n) is 7.44.